The normalized spacial score (nSPS) is 10.5. The zero-order valence-corrected chi connectivity index (χ0v) is 12.8. The average molecular weight is 325 g/mol. The number of carbonyl (C=O) groups excluding carboxylic acids is 1. The van der Waals surface area contributed by atoms with Gasteiger partial charge in [-0.05, 0) is 42.0 Å². The van der Waals surface area contributed by atoms with Crippen molar-refractivity contribution in [2.24, 2.45) is 0 Å². The first-order chi connectivity index (χ1) is 11.6. The van der Waals surface area contributed by atoms with Gasteiger partial charge in [0.2, 0.25) is 0 Å². The Balaban J connectivity index is 2.09. The maximum absolute atomic E-state index is 14.9. The molecule has 0 N–H and O–H groups in total. The van der Waals surface area contributed by atoms with E-state index in [1.54, 1.807) is 24.4 Å². The molecule has 0 aliphatic rings. The number of ether oxygens (including phenoxy) is 1. The maximum atomic E-state index is 14.9. The average Bonchev–Trinajstić information content (AvgIpc) is 2.62. The fourth-order valence-electron chi connectivity index (χ4n) is 2.43. The van der Waals surface area contributed by atoms with Gasteiger partial charge >= 0.3 is 5.97 Å². The Morgan fingerprint density at radius 2 is 1.75 bits per heavy atom. The standard InChI is InChI=1S/C19H13F2NO2/c1-24-19(23)13-7-5-12(6-8-13)17-15(20)10-9-14(18(17)21)16-4-2-3-11-22-16/h2-11H,1H3. The van der Waals surface area contributed by atoms with Crippen molar-refractivity contribution >= 4 is 5.97 Å². The molecule has 0 aliphatic carbocycles. The molecular weight excluding hydrogens is 312 g/mol. The van der Waals surface area contributed by atoms with Crippen LogP contribution in [0.2, 0.25) is 0 Å². The number of methoxy groups -OCH3 is 1. The highest BCUT2D eigenvalue weighted by Gasteiger charge is 2.17. The third-order valence-corrected chi connectivity index (χ3v) is 3.63. The van der Waals surface area contributed by atoms with Crippen LogP contribution in [0.4, 0.5) is 8.78 Å². The van der Waals surface area contributed by atoms with Crippen LogP contribution in [-0.2, 0) is 4.74 Å². The van der Waals surface area contributed by atoms with Crippen LogP contribution in [0.15, 0.2) is 60.8 Å². The van der Waals surface area contributed by atoms with Gasteiger partial charge in [0, 0.05) is 11.8 Å². The van der Waals surface area contributed by atoms with Gasteiger partial charge < -0.3 is 4.74 Å². The first kappa shape index (κ1) is 15.8. The largest absolute Gasteiger partial charge is 0.465 e. The molecule has 3 aromatic rings. The molecule has 0 spiro atoms. The van der Waals surface area contributed by atoms with Crippen molar-refractivity contribution in [3.63, 3.8) is 0 Å². The smallest absolute Gasteiger partial charge is 0.337 e. The van der Waals surface area contributed by atoms with E-state index in [9.17, 15) is 13.6 Å². The lowest BCUT2D eigenvalue weighted by Gasteiger charge is -2.10. The molecule has 0 atom stereocenters. The van der Waals surface area contributed by atoms with Crippen LogP contribution in [0.1, 0.15) is 10.4 Å². The van der Waals surface area contributed by atoms with E-state index < -0.39 is 17.6 Å². The van der Waals surface area contributed by atoms with Crippen LogP contribution in [0, 0.1) is 11.6 Å². The second kappa shape index (κ2) is 6.58. The fourth-order valence-corrected chi connectivity index (χ4v) is 2.43. The number of rotatable bonds is 3. The van der Waals surface area contributed by atoms with Gasteiger partial charge in [0.05, 0.1) is 23.9 Å². The number of esters is 1. The van der Waals surface area contributed by atoms with Gasteiger partial charge in [-0.2, -0.15) is 0 Å². The van der Waals surface area contributed by atoms with Gasteiger partial charge in [-0.3, -0.25) is 4.98 Å². The zero-order valence-electron chi connectivity index (χ0n) is 12.8. The van der Waals surface area contributed by atoms with Gasteiger partial charge in [0.25, 0.3) is 0 Å². The van der Waals surface area contributed by atoms with E-state index >= 15 is 0 Å². The monoisotopic (exact) mass is 325 g/mol. The molecular formula is C19H13F2NO2. The molecule has 2 aromatic carbocycles. The molecule has 3 nitrogen and oxygen atoms in total. The van der Waals surface area contributed by atoms with E-state index in [0.717, 1.165) is 0 Å². The molecule has 24 heavy (non-hydrogen) atoms. The Morgan fingerprint density at radius 3 is 2.38 bits per heavy atom. The quantitative estimate of drug-likeness (QED) is 0.667. The van der Waals surface area contributed by atoms with Crippen molar-refractivity contribution in [3.05, 3.63) is 78.0 Å². The predicted molar refractivity (Wildman–Crippen MR) is 86.4 cm³/mol. The third kappa shape index (κ3) is 2.88. The zero-order chi connectivity index (χ0) is 17.1. The summed E-state index contributed by atoms with van der Waals surface area (Å²) in [5, 5.41) is 0. The molecule has 3 rings (SSSR count). The summed E-state index contributed by atoms with van der Waals surface area (Å²) in [6.07, 6.45) is 1.54. The van der Waals surface area contributed by atoms with Crippen molar-refractivity contribution in [2.75, 3.05) is 7.11 Å². The van der Waals surface area contributed by atoms with E-state index in [2.05, 4.69) is 9.72 Å². The van der Waals surface area contributed by atoms with Crippen molar-refractivity contribution in [1.29, 1.82) is 0 Å². The van der Waals surface area contributed by atoms with Gasteiger partial charge in [-0.15, -0.1) is 0 Å². The molecule has 0 unspecified atom stereocenters. The van der Waals surface area contributed by atoms with E-state index in [1.165, 1.54) is 43.5 Å². The van der Waals surface area contributed by atoms with Crippen molar-refractivity contribution in [3.8, 4) is 22.4 Å². The van der Waals surface area contributed by atoms with E-state index in [4.69, 9.17) is 0 Å². The second-order valence-electron chi connectivity index (χ2n) is 5.07. The van der Waals surface area contributed by atoms with E-state index in [1.807, 2.05) is 0 Å². The van der Waals surface area contributed by atoms with Crippen LogP contribution >= 0.6 is 0 Å². The molecule has 0 radical (unpaired) electrons. The first-order valence-electron chi connectivity index (χ1n) is 7.20. The fraction of sp³-hybridized carbons (Fsp3) is 0.0526. The molecule has 0 aliphatic heterocycles. The summed E-state index contributed by atoms with van der Waals surface area (Å²) in [5.41, 5.74) is 1.11. The predicted octanol–water partition coefficient (Wildman–Crippen LogP) is 4.48. The Bertz CT molecular complexity index is 878. The van der Waals surface area contributed by atoms with Crippen molar-refractivity contribution < 1.29 is 18.3 Å². The molecule has 0 fully saturated rings. The minimum Gasteiger partial charge on any atom is -0.465 e. The van der Waals surface area contributed by atoms with Crippen molar-refractivity contribution in [2.45, 2.75) is 0 Å². The molecule has 120 valence electrons. The summed E-state index contributed by atoms with van der Waals surface area (Å²) in [5.74, 6) is -1.89. The van der Waals surface area contributed by atoms with E-state index in [-0.39, 0.29) is 11.1 Å². The van der Waals surface area contributed by atoms with Crippen LogP contribution in [-0.4, -0.2) is 18.1 Å². The molecule has 1 aromatic heterocycles. The highest BCUT2D eigenvalue weighted by atomic mass is 19.1. The maximum Gasteiger partial charge on any atom is 0.337 e. The lowest BCUT2D eigenvalue weighted by molar-refractivity contribution is 0.0601. The minimum atomic E-state index is -0.695. The highest BCUT2D eigenvalue weighted by Crippen LogP contribution is 2.32. The Labute approximate surface area is 137 Å². The summed E-state index contributed by atoms with van der Waals surface area (Å²) < 4.78 is 33.7. The number of nitrogens with zero attached hydrogens (tertiary/aromatic N) is 1. The van der Waals surface area contributed by atoms with Crippen molar-refractivity contribution in [1.82, 2.24) is 4.98 Å². The topological polar surface area (TPSA) is 39.2 Å². The summed E-state index contributed by atoms with van der Waals surface area (Å²) in [4.78, 5) is 15.6. The first-order valence-corrected chi connectivity index (χ1v) is 7.20. The molecule has 5 heteroatoms. The van der Waals surface area contributed by atoms with Gasteiger partial charge in [0.15, 0.2) is 0 Å². The van der Waals surface area contributed by atoms with Crippen LogP contribution in [0.5, 0.6) is 0 Å². The summed E-state index contributed by atoms with van der Waals surface area (Å²) in [6, 6.07) is 13.6. The van der Waals surface area contributed by atoms with Crippen LogP contribution < -0.4 is 0 Å². The number of carbonyl (C=O) groups is 1. The number of hydrogen-bond donors (Lipinski definition) is 0. The lowest BCUT2D eigenvalue weighted by Crippen LogP contribution is -2.01. The summed E-state index contributed by atoms with van der Waals surface area (Å²) in [6.45, 7) is 0. The SMILES string of the molecule is COC(=O)c1ccc(-c2c(F)ccc(-c3ccccn3)c2F)cc1. The van der Waals surface area contributed by atoms with Crippen LogP contribution in [0.3, 0.4) is 0 Å². The molecule has 1 heterocycles. The summed E-state index contributed by atoms with van der Waals surface area (Å²) in [7, 11) is 1.27. The van der Waals surface area contributed by atoms with Gasteiger partial charge in [-0.25, -0.2) is 13.6 Å². The number of aromatic nitrogens is 1. The van der Waals surface area contributed by atoms with Gasteiger partial charge in [0.1, 0.15) is 11.6 Å². The number of hydrogen-bond acceptors (Lipinski definition) is 3. The second-order valence-corrected chi connectivity index (χ2v) is 5.07. The number of pyridine rings is 1. The van der Waals surface area contributed by atoms with Gasteiger partial charge in [-0.1, -0.05) is 18.2 Å². The molecule has 0 bridgehead atoms. The lowest BCUT2D eigenvalue weighted by atomic mass is 9.98. The Kier molecular flexibility index (Phi) is 4.33. The molecule has 0 saturated carbocycles. The Hall–Kier alpha value is -3.08. The minimum absolute atomic E-state index is 0.158. The summed E-state index contributed by atoms with van der Waals surface area (Å²) >= 11 is 0. The highest BCUT2D eigenvalue weighted by molar-refractivity contribution is 5.90. The third-order valence-electron chi connectivity index (χ3n) is 3.63. The molecule has 0 amide bonds. The Morgan fingerprint density at radius 1 is 1.00 bits per heavy atom. The number of halogens is 2. The van der Waals surface area contributed by atoms with Crippen LogP contribution in [0.25, 0.3) is 22.4 Å². The van der Waals surface area contributed by atoms with E-state index in [0.29, 0.717) is 16.8 Å². The molecule has 0 saturated heterocycles. The number of benzene rings is 2.